The Hall–Kier alpha value is -1.06. The van der Waals surface area contributed by atoms with E-state index in [0.717, 1.165) is 37.9 Å². The highest BCUT2D eigenvalue weighted by Crippen LogP contribution is 2.34. The fourth-order valence-electron chi connectivity index (χ4n) is 3.24. The molecule has 1 fully saturated rings. The number of phenols is 1. The zero-order chi connectivity index (χ0) is 13.8. The summed E-state index contributed by atoms with van der Waals surface area (Å²) in [7, 11) is 0. The molecule has 3 atom stereocenters. The van der Waals surface area contributed by atoms with Crippen molar-refractivity contribution in [2.24, 2.45) is 11.7 Å². The second-order valence-corrected chi connectivity index (χ2v) is 5.60. The summed E-state index contributed by atoms with van der Waals surface area (Å²) in [6.07, 6.45) is 3.21. The molecule has 0 amide bonds. The van der Waals surface area contributed by atoms with Crippen molar-refractivity contribution < 1.29 is 5.11 Å². The Labute approximate surface area is 116 Å². The van der Waals surface area contributed by atoms with E-state index in [1.807, 2.05) is 18.2 Å². The van der Waals surface area contributed by atoms with E-state index in [0.29, 0.717) is 23.8 Å². The van der Waals surface area contributed by atoms with Gasteiger partial charge in [-0.3, -0.25) is 4.90 Å². The minimum atomic E-state index is 0.308. The van der Waals surface area contributed by atoms with Crippen molar-refractivity contribution in [1.29, 1.82) is 0 Å². The molecule has 3 heteroatoms. The first-order valence-corrected chi connectivity index (χ1v) is 7.44. The van der Waals surface area contributed by atoms with E-state index in [9.17, 15) is 5.11 Å². The van der Waals surface area contributed by atoms with Crippen molar-refractivity contribution in [3.8, 4) is 5.75 Å². The number of nitrogens with zero attached hydrogens (tertiary/aromatic N) is 1. The van der Waals surface area contributed by atoms with Gasteiger partial charge in [0.25, 0.3) is 0 Å². The van der Waals surface area contributed by atoms with Crippen molar-refractivity contribution in [3.05, 3.63) is 29.8 Å². The van der Waals surface area contributed by atoms with E-state index in [4.69, 9.17) is 5.73 Å². The predicted molar refractivity (Wildman–Crippen MR) is 79.1 cm³/mol. The molecule has 0 aliphatic carbocycles. The summed E-state index contributed by atoms with van der Waals surface area (Å²) in [5.74, 6) is 0.992. The number of likely N-dealkylation sites (tertiary alicyclic amines) is 1. The lowest BCUT2D eigenvalue weighted by atomic mass is 9.88. The molecule has 1 heterocycles. The maximum atomic E-state index is 10.1. The van der Waals surface area contributed by atoms with Crippen LogP contribution in [0.25, 0.3) is 0 Å². The number of nitrogens with two attached hydrogens (primary N) is 1. The Morgan fingerprint density at radius 2 is 2.11 bits per heavy atom. The molecule has 3 N–H and O–H groups in total. The largest absolute Gasteiger partial charge is 0.508 e. The first kappa shape index (κ1) is 14.4. The number of benzene rings is 1. The maximum absolute atomic E-state index is 10.1. The second kappa shape index (κ2) is 6.40. The van der Waals surface area contributed by atoms with E-state index in [-0.39, 0.29) is 0 Å². The highest BCUT2D eigenvalue weighted by atomic mass is 16.3. The van der Waals surface area contributed by atoms with Gasteiger partial charge in [-0.05, 0) is 24.8 Å². The first-order valence-electron chi connectivity index (χ1n) is 7.44. The summed E-state index contributed by atoms with van der Waals surface area (Å²) in [6, 6.07) is 8.35. The van der Waals surface area contributed by atoms with Gasteiger partial charge in [0.1, 0.15) is 5.75 Å². The van der Waals surface area contributed by atoms with Crippen molar-refractivity contribution >= 4 is 0 Å². The molecular formula is C16H26N2O. The minimum absolute atomic E-state index is 0.308. The lowest BCUT2D eigenvalue weighted by Crippen LogP contribution is -2.47. The summed E-state index contributed by atoms with van der Waals surface area (Å²) in [4.78, 5) is 2.49. The molecule has 19 heavy (non-hydrogen) atoms. The lowest BCUT2D eigenvalue weighted by Gasteiger charge is -2.41. The molecule has 0 aromatic heterocycles. The lowest BCUT2D eigenvalue weighted by molar-refractivity contribution is 0.102. The van der Waals surface area contributed by atoms with Crippen LogP contribution in [0, 0.1) is 5.92 Å². The number of piperidine rings is 1. The summed E-state index contributed by atoms with van der Waals surface area (Å²) in [5, 5.41) is 10.1. The van der Waals surface area contributed by atoms with Crippen LogP contribution in [0.15, 0.2) is 24.3 Å². The number of hydrogen-bond donors (Lipinski definition) is 2. The second-order valence-electron chi connectivity index (χ2n) is 5.60. The van der Waals surface area contributed by atoms with Crippen LogP contribution >= 0.6 is 0 Å². The monoisotopic (exact) mass is 262 g/mol. The molecule has 1 aliphatic rings. The van der Waals surface area contributed by atoms with Gasteiger partial charge in [0.15, 0.2) is 0 Å². The van der Waals surface area contributed by atoms with Gasteiger partial charge >= 0.3 is 0 Å². The molecule has 2 rings (SSSR count). The first-order chi connectivity index (χ1) is 9.17. The van der Waals surface area contributed by atoms with Gasteiger partial charge in [-0.15, -0.1) is 0 Å². The predicted octanol–water partition coefficient (Wildman–Crippen LogP) is 2.90. The molecule has 1 aromatic carbocycles. The molecule has 0 saturated carbocycles. The van der Waals surface area contributed by atoms with Crippen LogP contribution in [-0.2, 0) is 0 Å². The van der Waals surface area contributed by atoms with Gasteiger partial charge < -0.3 is 10.8 Å². The van der Waals surface area contributed by atoms with Crippen LogP contribution < -0.4 is 5.73 Å². The molecule has 1 aromatic rings. The minimum Gasteiger partial charge on any atom is -0.508 e. The quantitative estimate of drug-likeness (QED) is 0.877. The number of hydrogen-bond acceptors (Lipinski definition) is 3. The van der Waals surface area contributed by atoms with Crippen LogP contribution in [0.5, 0.6) is 5.75 Å². The number of rotatable bonds is 4. The van der Waals surface area contributed by atoms with Crippen molar-refractivity contribution in [2.75, 3.05) is 13.1 Å². The van der Waals surface area contributed by atoms with Crippen LogP contribution in [0.2, 0.25) is 0 Å². The van der Waals surface area contributed by atoms with Gasteiger partial charge in [-0.25, -0.2) is 0 Å². The Morgan fingerprint density at radius 1 is 1.37 bits per heavy atom. The molecule has 106 valence electrons. The highest BCUT2D eigenvalue weighted by Gasteiger charge is 2.30. The zero-order valence-corrected chi connectivity index (χ0v) is 12.0. The van der Waals surface area contributed by atoms with E-state index in [2.05, 4.69) is 18.7 Å². The fraction of sp³-hybridized carbons (Fsp3) is 0.625. The molecule has 3 unspecified atom stereocenters. The van der Waals surface area contributed by atoms with E-state index < -0.39 is 0 Å². The third kappa shape index (κ3) is 3.10. The smallest absolute Gasteiger partial charge is 0.120 e. The number of para-hydroxylation sites is 1. The topological polar surface area (TPSA) is 49.5 Å². The third-order valence-electron chi connectivity index (χ3n) is 4.47. The Morgan fingerprint density at radius 3 is 2.74 bits per heavy atom. The molecule has 1 saturated heterocycles. The normalized spacial score (nSPS) is 26.3. The average Bonchev–Trinajstić information content (AvgIpc) is 2.43. The molecule has 1 aliphatic heterocycles. The van der Waals surface area contributed by atoms with E-state index in [1.54, 1.807) is 6.07 Å². The van der Waals surface area contributed by atoms with Crippen molar-refractivity contribution in [3.63, 3.8) is 0 Å². The molecule has 3 nitrogen and oxygen atoms in total. The molecule has 0 spiro atoms. The van der Waals surface area contributed by atoms with Crippen molar-refractivity contribution in [2.45, 2.75) is 45.2 Å². The third-order valence-corrected chi connectivity index (χ3v) is 4.47. The van der Waals surface area contributed by atoms with Crippen LogP contribution in [-0.4, -0.2) is 29.1 Å². The summed E-state index contributed by atoms with van der Waals surface area (Å²) < 4.78 is 0. The Kier molecular flexibility index (Phi) is 4.83. The van der Waals surface area contributed by atoms with Gasteiger partial charge in [-0.1, -0.05) is 38.5 Å². The Balaban J connectivity index is 2.16. The van der Waals surface area contributed by atoms with Crippen LogP contribution in [0.3, 0.4) is 0 Å². The van der Waals surface area contributed by atoms with Gasteiger partial charge in [0, 0.05) is 30.7 Å². The standard InChI is InChI=1S/C16H26N2O/c1-3-12-11-18(10-9-14(12)17)15(4-2)13-7-5-6-8-16(13)19/h5-8,12,14-15,19H,3-4,9-11,17H2,1-2H3. The molecular weight excluding hydrogens is 236 g/mol. The Bertz CT molecular complexity index is 407. The number of aromatic hydroxyl groups is 1. The maximum Gasteiger partial charge on any atom is 0.120 e. The summed E-state index contributed by atoms with van der Waals surface area (Å²) in [5.41, 5.74) is 7.24. The SMILES string of the molecule is CCC1CN(C(CC)c2ccccc2O)CCC1N. The summed E-state index contributed by atoms with van der Waals surface area (Å²) in [6.45, 7) is 6.48. The van der Waals surface area contributed by atoms with Gasteiger partial charge in [0.05, 0.1) is 0 Å². The van der Waals surface area contributed by atoms with Crippen LogP contribution in [0.4, 0.5) is 0 Å². The summed E-state index contributed by atoms with van der Waals surface area (Å²) >= 11 is 0. The number of phenolic OH excluding ortho intramolecular Hbond substituents is 1. The van der Waals surface area contributed by atoms with E-state index in [1.165, 1.54) is 0 Å². The zero-order valence-electron chi connectivity index (χ0n) is 12.0. The van der Waals surface area contributed by atoms with Crippen LogP contribution in [0.1, 0.15) is 44.7 Å². The van der Waals surface area contributed by atoms with E-state index >= 15 is 0 Å². The van der Waals surface area contributed by atoms with Gasteiger partial charge in [0.2, 0.25) is 0 Å². The van der Waals surface area contributed by atoms with Gasteiger partial charge in [-0.2, -0.15) is 0 Å². The molecule has 0 bridgehead atoms. The van der Waals surface area contributed by atoms with Crippen molar-refractivity contribution in [1.82, 2.24) is 4.90 Å². The highest BCUT2D eigenvalue weighted by molar-refractivity contribution is 5.34. The average molecular weight is 262 g/mol. The fourth-order valence-corrected chi connectivity index (χ4v) is 3.24. The molecule has 0 radical (unpaired) electrons.